The molecule has 9 nitrogen and oxygen atoms in total. The van der Waals surface area contributed by atoms with Gasteiger partial charge in [-0.25, -0.2) is 14.0 Å². The third-order valence-electron chi connectivity index (χ3n) is 9.75. The second-order valence-corrected chi connectivity index (χ2v) is 12.1. The fraction of sp³-hybridized carbons (Fsp3) is 0.724. The molecule has 4 aliphatic rings. The first kappa shape index (κ1) is 29.2. The topological polar surface area (TPSA) is 125 Å². The van der Waals surface area contributed by atoms with E-state index in [9.17, 15) is 24.3 Å². The standard InChI is InChI=1S/C29H39FO9/c1-7-36-25(35)39-29(23(33)15-37-24(34)38-16(2)3)17(4)12-21-20-9-8-18-13-19(31)10-11-26(18,5)28(20,30)22(32)14-27(21,29)6/h10-11,13,16-17,20-22,32H,7-9,12,14-15H2,1-6H3/t17-,20+,21+,22+,26+,27+,28+,29+/m1/s1. The van der Waals surface area contributed by atoms with Crippen LogP contribution >= 0.6 is 0 Å². The molecule has 0 unspecified atom stereocenters. The summed E-state index contributed by atoms with van der Waals surface area (Å²) >= 11 is 0. The van der Waals surface area contributed by atoms with Crippen LogP contribution in [-0.2, 0) is 28.5 Å². The zero-order chi connectivity index (χ0) is 29.0. The van der Waals surface area contributed by atoms with E-state index in [0.717, 1.165) is 0 Å². The van der Waals surface area contributed by atoms with E-state index >= 15 is 4.39 Å². The summed E-state index contributed by atoms with van der Waals surface area (Å²) in [5, 5.41) is 11.6. The van der Waals surface area contributed by atoms with Gasteiger partial charge in [0, 0.05) is 22.7 Å². The van der Waals surface area contributed by atoms with Gasteiger partial charge in [0.15, 0.2) is 23.7 Å². The number of aliphatic hydroxyl groups is 1. The Morgan fingerprint density at radius 3 is 2.49 bits per heavy atom. The van der Waals surface area contributed by atoms with Crippen LogP contribution in [0.1, 0.15) is 67.2 Å². The first-order chi connectivity index (χ1) is 18.2. The van der Waals surface area contributed by atoms with E-state index in [2.05, 4.69) is 0 Å². The molecule has 0 spiro atoms. The molecule has 1 N–H and O–H groups in total. The molecule has 0 aliphatic heterocycles. The number of carbonyl (C=O) groups excluding carboxylic acids is 4. The zero-order valence-corrected chi connectivity index (χ0v) is 23.5. The highest BCUT2D eigenvalue weighted by Gasteiger charge is 2.77. The second-order valence-electron chi connectivity index (χ2n) is 12.1. The molecule has 0 bridgehead atoms. The molecule has 0 aromatic heterocycles. The molecule has 0 aromatic carbocycles. The van der Waals surface area contributed by atoms with Gasteiger partial charge in [-0.1, -0.05) is 25.5 Å². The minimum Gasteiger partial charge on any atom is -0.435 e. The third kappa shape index (κ3) is 4.21. The Hall–Kier alpha value is -2.75. The van der Waals surface area contributed by atoms with Gasteiger partial charge in [0.05, 0.1) is 18.8 Å². The highest BCUT2D eigenvalue weighted by Crippen LogP contribution is 2.71. The molecule has 0 saturated heterocycles. The lowest BCUT2D eigenvalue weighted by Crippen LogP contribution is -2.70. The number of rotatable bonds is 6. The van der Waals surface area contributed by atoms with E-state index in [1.54, 1.807) is 47.6 Å². The summed E-state index contributed by atoms with van der Waals surface area (Å²) in [6.07, 6.45) is 1.20. The summed E-state index contributed by atoms with van der Waals surface area (Å²) < 4.78 is 38.4. The van der Waals surface area contributed by atoms with Crippen LogP contribution in [0.25, 0.3) is 0 Å². The van der Waals surface area contributed by atoms with Crippen molar-refractivity contribution < 1.29 is 47.6 Å². The molecule has 0 aromatic rings. The molecule has 4 aliphatic carbocycles. The van der Waals surface area contributed by atoms with Crippen molar-refractivity contribution in [3.63, 3.8) is 0 Å². The monoisotopic (exact) mass is 550 g/mol. The number of allylic oxidation sites excluding steroid dienone is 4. The molecular formula is C29H39FO9. The van der Waals surface area contributed by atoms with Crippen LogP contribution in [0.5, 0.6) is 0 Å². The predicted molar refractivity (Wildman–Crippen MR) is 136 cm³/mol. The first-order valence-electron chi connectivity index (χ1n) is 13.7. The van der Waals surface area contributed by atoms with Gasteiger partial charge in [0.1, 0.15) is 0 Å². The number of ketones is 2. The average molecular weight is 551 g/mol. The van der Waals surface area contributed by atoms with E-state index in [0.29, 0.717) is 24.8 Å². The molecular weight excluding hydrogens is 511 g/mol. The predicted octanol–water partition coefficient (Wildman–Crippen LogP) is 4.65. The minimum absolute atomic E-state index is 0.00616. The van der Waals surface area contributed by atoms with E-state index in [4.69, 9.17) is 18.9 Å². The van der Waals surface area contributed by atoms with Crippen LogP contribution in [-0.4, -0.2) is 65.7 Å². The van der Waals surface area contributed by atoms with Crippen LogP contribution in [0.3, 0.4) is 0 Å². The van der Waals surface area contributed by atoms with Crippen LogP contribution in [0.15, 0.2) is 23.8 Å². The lowest BCUT2D eigenvalue weighted by Gasteiger charge is -2.62. The summed E-state index contributed by atoms with van der Waals surface area (Å²) in [4.78, 5) is 50.8. The van der Waals surface area contributed by atoms with Crippen molar-refractivity contribution in [3.05, 3.63) is 23.8 Å². The number of halogens is 1. The summed E-state index contributed by atoms with van der Waals surface area (Å²) in [7, 11) is 0. The van der Waals surface area contributed by atoms with Crippen molar-refractivity contribution >= 4 is 23.9 Å². The number of fused-ring (bicyclic) bond motifs is 5. The number of aliphatic hydroxyl groups excluding tert-OH is 1. The Bertz CT molecular complexity index is 1110. The van der Waals surface area contributed by atoms with Gasteiger partial charge in [-0.2, -0.15) is 0 Å². The van der Waals surface area contributed by atoms with E-state index in [1.165, 1.54) is 12.2 Å². The van der Waals surface area contributed by atoms with Crippen molar-refractivity contribution in [2.75, 3.05) is 13.2 Å². The minimum atomic E-state index is -2.11. The van der Waals surface area contributed by atoms with E-state index in [1.807, 2.05) is 0 Å². The smallest absolute Gasteiger partial charge is 0.435 e. The van der Waals surface area contributed by atoms with Crippen molar-refractivity contribution in [2.45, 2.75) is 90.7 Å². The molecule has 0 radical (unpaired) electrons. The molecule has 10 heteroatoms. The maximum atomic E-state index is 17.4. The molecule has 216 valence electrons. The van der Waals surface area contributed by atoms with Gasteiger partial charge < -0.3 is 24.1 Å². The molecule has 3 saturated carbocycles. The number of carbonyl (C=O) groups is 4. The van der Waals surface area contributed by atoms with Gasteiger partial charge >= 0.3 is 12.3 Å². The fourth-order valence-corrected chi connectivity index (χ4v) is 8.14. The molecule has 0 heterocycles. The maximum absolute atomic E-state index is 17.4. The number of hydrogen-bond acceptors (Lipinski definition) is 9. The number of Topliss-reactive ketones (excluding diaryl/α,β-unsaturated/α-hetero) is 1. The SMILES string of the molecule is CCOC(=O)O[C@]1(C(=O)COC(=O)OC(C)C)[C@H](C)C[C@H]2[C@@H]3CCC4=CC(=O)C=C[C@]4(C)[C@@]3(F)[C@@H](O)C[C@@]21C. The largest absolute Gasteiger partial charge is 0.509 e. The van der Waals surface area contributed by atoms with Gasteiger partial charge in [0.2, 0.25) is 5.78 Å². The van der Waals surface area contributed by atoms with Gasteiger partial charge in [0.25, 0.3) is 0 Å². The first-order valence-corrected chi connectivity index (χ1v) is 13.7. The molecule has 3 fully saturated rings. The van der Waals surface area contributed by atoms with Crippen LogP contribution in [0.4, 0.5) is 14.0 Å². The zero-order valence-electron chi connectivity index (χ0n) is 23.5. The quantitative estimate of drug-likeness (QED) is 0.471. The van der Waals surface area contributed by atoms with Crippen molar-refractivity contribution in [1.29, 1.82) is 0 Å². The normalized spacial score (nSPS) is 40.6. The Morgan fingerprint density at radius 1 is 1.15 bits per heavy atom. The lowest BCUT2D eigenvalue weighted by molar-refractivity contribution is -0.222. The van der Waals surface area contributed by atoms with Crippen LogP contribution < -0.4 is 0 Å². The van der Waals surface area contributed by atoms with Crippen molar-refractivity contribution in [1.82, 2.24) is 0 Å². The molecule has 39 heavy (non-hydrogen) atoms. The fourth-order valence-electron chi connectivity index (χ4n) is 8.14. The summed E-state index contributed by atoms with van der Waals surface area (Å²) in [6, 6.07) is 0. The van der Waals surface area contributed by atoms with Gasteiger partial charge in [-0.3, -0.25) is 9.59 Å². The van der Waals surface area contributed by atoms with E-state index in [-0.39, 0.29) is 18.8 Å². The van der Waals surface area contributed by atoms with Gasteiger partial charge in [-0.05, 0) is 71.4 Å². The Morgan fingerprint density at radius 2 is 1.85 bits per heavy atom. The third-order valence-corrected chi connectivity index (χ3v) is 9.75. The Labute approximate surface area is 228 Å². The average Bonchev–Trinajstić information content (AvgIpc) is 3.05. The van der Waals surface area contributed by atoms with Gasteiger partial charge in [-0.15, -0.1) is 0 Å². The highest BCUT2D eigenvalue weighted by atomic mass is 19.1. The van der Waals surface area contributed by atoms with Crippen LogP contribution in [0.2, 0.25) is 0 Å². The summed E-state index contributed by atoms with van der Waals surface area (Å²) in [6.45, 7) is 9.33. The molecule has 8 atom stereocenters. The second kappa shape index (κ2) is 10.0. The van der Waals surface area contributed by atoms with E-state index < -0.39 is 76.8 Å². The maximum Gasteiger partial charge on any atom is 0.509 e. The summed E-state index contributed by atoms with van der Waals surface area (Å²) in [5.41, 5.74) is -5.72. The Balaban J connectivity index is 1.76. The Kier molecular flexibility index (Phi) is 7.51. The molecule has 0 amide bonds. The number of alkyl halides is 1. The van der Waals surface area contributed by atoms with Crippen LogP contribution in [0, 0.1) is 28.6 Å². The highest BCUT2D eigenvalue weighted by molar-refractivity contribution is 6.01. The lowest BCUT2D eigenvalue weighted by atomic mass is 9.44. The molecule has 4 rings (SSSR count). The summed E-state index contributed by atoms with van der Waals surface area (Å²) in [5.74, 6) is -2.65. The number of ether oxygens (including phenoxy) is 4. The van der Waals surface area contributed by atoms with Crippen molar-refractivity contribution in [2.24, 2.45) is 28.6 Å². The van der Waals surface area contributed by atoms with Crippen molar-refractivity contribution in [3.8, 4) is 0 Å². The number of hydrogen-bond donors (Lipinski definition) is 1.